The van der Waals surface area contributed by atoms with Crippen molar-refractivity contribution in [1.29, 1.82) is 0 Å². The average Bonchev–Trinajstić information content (AvgIpc) is 3.04. The second kappa shape index (κ2) is 7.93. The molecule has 0 spiro atoms. The molecule has 0 aliphatic heterocycles. The van der Waals surface area contributed by atoms with Gasteiger partial charge in [0, 0.05) is 0 Å². The lowest BCUT2D eigenvalue weighted by atomic mass is 10.1. The zero-order chi connectivity index (χ0) is 18.7. The first-order chi connectivity index (χ1) is 12.4. The van der Waals surface area contributed by atoms with Crippen LogP contribution in [-0.2, 0) is 4.79 Å². The first-order valence-corrected chi connectivity index (χ1v) is 9.47. The summed E-state index contributed by atoms with van der Waals surface area (Å²) in [6.45, 7) is 6.05. The van der Waals surface area contributed by atoms with E-state index in [2.05, 4.69) is 28.5 Å². The Bertz CT molecular complexity index is 954. The van der Waals surface area contributed by atoms with E-state index in [1.54, 1.807) is 12.4 Å². The molecule has 1 amide bonds. The maximum atomic E-state index is 12.3. The molecule has 0 bridgehead atoms. The van der Waals surface area contributed by atoms with E-state index in [9.17, 15) is 4.79 Å². The van der Waals surface area contributed by atoms with E-state index in [0.29, 0.717) is 15.9 Å². The van der Waals surface area contributed by atoms with Gasteiger partial charge in [-0.15, -0.1) is 10.2 Å². The predicted octanol–water partition coefficient (Wildman–Crippen LogP) is 4.58. The molecular weight excluding hydrogens is 368 g/mol. The van der Waals surface area contributed by atoms with E-state index in [-0.39, 0.29) is 11.7 Å². The number of carbonyl (C=O) groups excluding carboxylic acids is 1. The minimum atomic E-state index is -0.143. The Kier molecular flexibility index (Phi) is 5.64. The number of aryl methyl sites for hydroxylation is 3. The minimum Gasteiger partial charge on any atom is -0.324 e. The molecule has 0 radical (unpaired) electrons. The van der Waals surface area contributed by atoms with Crippen molar-refractivity contribution in [2.75, 3.05) is 11.1 Å². The van der Waals surface area contributed by atoms with Gasteiger partial charge in [-0.3, -0.25) is 9.36 Å². The van der Waals surface area contributed by atoms with Crippen LogP contribution in [0.5, 0.6) is 0 Å². The van der Waals surface area contributed by atoms with Crippen LogP contribution in [0.1, 0.15) is 16.7 Å². The molecule has 5 nitrogen and oxygen atoms in total. The molecule has 0 atom stereocenters. The summed E-state index contributed by atoms with van der Waals surface area (Å²) in [5.41, 5.74) is 4.98. The van der Waals surface area contributed by atoms with Crippen molar-refractivity contribution < 1.29 is 4.79 Å². The third kappa shape index (κ3) is 4.26. The van der Waals surface area contributed by atoms with Crippen molar-refractivity contribution in [1.82, 2.24) is 14.8 Å². The normalized spacial score (nSPS) is 10.8. The van der Waals surface area contributed by atoms with Gasteiger partial charge < -0.3 is 5.32 Å². The standard InChI is InChI=1S/C19H19ClN4OS/c1-12-5-7-17(14(3)8-12)24-11-21-23-19(24)26-10-18(25)22-16-6-4-13(2)9-15(16)20/h4-9,11H,10H2,1-3H3,(H,22,25). The number of aromatic nitrogens is 3. The summed E-state index contributed by atoms with van der Waals surface area (Å²) in [6.07, 6.45) is 1.66. The molecule has 0 saturated carbocycles. The number of anilines is 1. The molecule has 3 rings (SSSR count). The number of rotatable bonds is 5. The van der Waals surface area contributed by atoms with Gasteiger partial charge in [0.05, 0.1) is 22.2 Å². The SMILES string of the molecule is Cc1ccc(-n2cnnc2SCC(=O)Nc2ccc(C)cc2Cl)c(C)c1. The summed E-state index contributed by atoms with van der Waals surface area (Å²) >= 11 is 7.49. The Morgan fingerprint density at radius 2 is 1.88 bits per heavy atom. The summed E-state index contributed by atoms with van der Waals surface area (Å²) in [5, 5.41) is 12.1. The second-order valence-corrected chi connectivity index (χ2v) is 7.44. The van der Waals surface area contributed by atoms with Crippen molar-refractivity contribution >= 4 is 35.0 Å². The van der Waals surface area contributed by atoms with E-state index >= 15 is 0 Å². The van der Waals surface area contributed by atoms with Gasteiger partial charge in [0.25, 0.3) is 0 Å². The van der Waals surface area contributed by atoms with Gasteiger partial charge in [-0.1, -0.05) is 47.1 Å². The molecule has 7 heteroatoms. The molecule has 26 heavy (non-hydrogen) atoms. The van der Waals surface area contributed by atoms with Crippen molar-refractivity contribution in [2.45, 2.75) is 25.9 Å². The van der Waals surface area contributed by atoms with Crippen molar-refractivity contribution in [3.63, 3.8) is 0 Å². The van der Waals surface area contributed by atoms with E-state index in [1.807, 2.05) is 42.7 Å². The van der Waals surface area contributed by atoms with Crippen LogP contribution in [0.2, 0.25) is 5.02 Å². The Balaban J connectivity index is 1.69. The van der Waals surface area contributed by atoms with E-state index < -0.39 is 0 Å². The predicted molar refractivity (Wildman–Crippen MR) is 106 cm³/mol. The number of benzene rings is 2. The zero-order valence-corrected chi connectivity index (χ0v) is 16.4. The molecule has 1 N–H and O–H groups in total. The van der Waals surface area contributed by atoms with Crippen LogP contribution in [0, 0.1) is 20.8 Å². The summed E-state index contributed by atoms with van der Waals surface area (Å²) < 4.78 is 1.89. The fraction of sp³-hybridized carbons (Fsp3) is 0.211. The van der Waals surface area contributed by atoms with Crippen molar-refractivity contribution in [3.05, 3.63) is 64.4 Å². The van der Waals surface area contributed by atoms with Crippen LogP contribution in [0.3, 0.4) is 0 Å². The molecule has 3 aromatic rings. The fourth-order valence-electron chi connectivity index (χ4n) is 2.60. The van der Waals surface area contributed by atoms with Crippen LogP contribution < -0.4 is 5.32 Å². The van der Waals surface area contributed by atoms with Gasteiger partial charge in [-0.25, -0.2) is 0 Å². The topological polar surface area (TPSA) is 59.8 Å². The molecule has 1 aromatic heterocycles. The smallest absolute Gasteiger partial charge is 0.234 e. The third-order valence-electron chi connectivity index (χ3n) is 3.86. The molecule has 0 aliphatic carbocycles. The van der Waals surface area contributed by atoms with E-state index in [0.717, 1.165) is 16.8 Å². The monoisotopic (exact) mass is 386 g/mol. The second-order valence-electron chi connectivity index (χ2n) is 6.09. The van der Waals surface area contributed by atoms with Crippen LogP contribution >= 0.6 is 23.4 Å². The number of nitrogens with one attached hydrogen (secondary N) is 1. The van der Waals surface area contributed by atoms with Gasteiger partial charge in [0.15, 0.2) is 5.16 Å². The highest BCUT2D eigenvalue weighted by molar-refractivity contribution is 7.99. The largest absolute Gasteiger partial charge is 0.324 e. The highest BCUT2D eigenvalue weighted by atomic mass is 35.5. The number of nitrogens with zero attached hydrogens (tertiary/aromatic N) is 3. The Labute approximate surface area is 161 Å². The quantitative estimate of drug-likeness (QED) is 0.652. The molecule has 134 valence electrons. The number of hydrogen-bond acceptors (Lipinski definition) is 4. The Morgan fingerprint density at radius 1 is 1.15 bits per heavy atom. The van der Waals surface area contributed by atoms with Gasteiger partial charge in [0.1, 0.15) is 6.33 Å². The zero-order valence-electron chi connectivity index (χ0n) is 14.8. The van der Waals surface area contributed by atoms with Crippen molar-refractivity contribution in [2.24, 2.45) is 0 Å². The maximum absolute atomic E-state index is 12.3. The average molecular weight is 387 g/mol. The first kappa shape index (κ1) is 18.5. The van der Waals surface area contributed by atoms with Gasteiger partial charge in [-0.05, 0) is 50.1 Å². The summed E-state index contributed by atoms with van der Waals surface area (Å²) in [6, 6.07) is 11.7. The Hall–Kier alpha value is -2.31. The maximum Gasteiger partial charge on any atom is 0.234 e. The molecule has 2 aromatic carbocycles. The van der Waals surface area contributed by atoms with Crippen LogP contribution in [-0.4, -0.2) is 26.4 Å². The number of amides is 1. The van der Waals surface area contributed by atoms with Crippen LogP contribution in [0.25, 0.3) is 5.69 Å². The number of hydrogen-bond donors (Lipinski definition) is 1. The Morgan fingerprint density at radius 3 is 2.62 bits per heavy atom. The van der Waals surface area contributed by atoms with Gasteiger partial charge in [-0.2, -0.15) is 0 Å². The number of halogens is 1. The van der Waals surface area contributed by atoms with Crippen molar-refractivity contribution in [3.8, 4) is 5.69 Å². The highest BCUT2D eigenvalue weighted by Crippen LogP contribution is 2.25. The van der Waals surface area contributed by atoms with E-state index in [4.69, 9.17) is 11.6 Å². The molecule has 0 unspecified atom stereocenters. The van der Waals surface area contributed by atoms with Crippen LogP contribution in [0.15, 0.2) is 47.9 Å². The molecule has 0 fully saturated rings. The third-order valence-corrected chi connectivity index (χ3v) is 5.12. The lowest BCUT2D eigenvalue weighted by molar-refractivity contribution is -0.113. The number of carbonyl (C=O) groups is 1. The summed E-state index contributed by atoms with van der Waals surface area (Å²) in [7, 11) is 0. The molecular formula is C19H19ClN4OS. The first-order valence-electron chi connectivity index (χ1n) is 8.10. The molecule has 0 aliphatic rings. The number of thioether (sulfide) groups is 1. The highest BCUT2D eigenvalue weighted by Gasteiger charge is 2.12. The molecule has 1 heterocycles. The minimum absolute atomic E-state index is 0.143. The van der Waals surface area contributed by atoms with E-state index in [1.165, 1.54) is 17.3 Å². The van der Waals surface area contributed by atoms with Crippen LogP contribution in [0.4, 0.5) is 5.69 Å². The lowest BCUT2D eigenvalue weighted by Crippen LogP contribution is -2.15. The fourth-order valence-corrected chi connectivity index (χ4v) is 3.61. The molecule has 0 saturated heterocycles. The van der Waals surface area contributed by atoms with Gasteiger partial charge >= 0.3 is 0 Å². The lowest BCUT2D eigenvalue weighted by Gasteiger charge is -2.10. The van der Waals surface area contributed by atoms with Gasteiger partial charge in [0.2, 0.25) is 5.91 Å². The summed E-state index contributed by atoms with van der Waals surface area (Å²) in [5.74, 6) is 0.0734. The summed E-state index contributed by atoms with van der Waals surface area (Å²) in [4.78, 5) is 12.3.